The minimum Gasteiger partial charge on any atom is -0.393 e. The second-order valence-corrected chi connectivity index (χ2v) is 12.6. The SMILES string of the molecule is CC(C)CC[C@@H]1O[C@H]2C[C@H]3[C@@H]4CC=C5C[C@@H](O)C[C@@H](O)[C@]5(C)[C@H]4CC[C@]3(C)[C@H]2[C@@H]1C. The number of ether oxygens (including phenoxy) is 1. The molecule has 0 aromatic rings. The van der Waals surface area contributed by atoms with E-state index in [-0.39, 0.29) is 11.5 Å². The van der Waals surface area contributed by atoms with E-state index in [0.717, 1.165) is 18.8 Å². The highest BCUT2D eigenvalue weighted by molar-refractivity contribution is 5.28. The molecule has 0 radical (unpaired) electrons. The third-order valence-electron chi connectivity index (χ3n) is 10.8. The molecular weight excluding hydrogens is 372 g/mol. The van der Waals surface area contributed by atoms with Crippen LogP contribution in [0.25, 0.3) is 0 Å². The van der Waals surface area contributed by atoms with Crippen LogP contribution in [0.3, 0.4) is 0 Å². The van der Waals surface area contributed by atoms with Crippen molar-refractivity contribution in [3.63, 3.8) is 0 Å². The lowest BCUT2D eigenvalue weighted by Crippen LogP contribution is -2.55. The Labute approximate surface area is 183 Å². The molecule has 2 N–H and O–H groups in total. The van der Waals surface area contributed by atoms with Crippen molar-refractivity contribution in [1.29, 1.82) is 0 Å². The second-order valence-electron chi connectivity index (χ2n) is 12.6. The third kappa shape index (κ3) is 2.94. The molecule has 0 aromatic heterocycles. The average Bonchev–Trinajstić information content (AvgIpc) is 3.15. The normalized spacial score (nSPS) is 54.9. The van der Waals surface area contributed by atoms with E-state index in [1.54, 1.807) is 0 Å². The maximum atomic E-state index is 11.1. The van der Waals surface area contributed by atoms with Gasteiger partial charge < -0.3 is 14.9 Å². The van der Waals surface area contributed by atoms with Gasteiger partial charge >= 0.3 is 0 Å². The van der Waals surface area contributed by atoms with Crippen LogP contribution < -0.4 is 0 Å². The van der Waals surface area contributed by atoms with Gasteiger partial charge in [-0.25, -0.2) is 0 Å². The molecule has 1 saturated heterocycles. The van der Waals surface area contributed by atoms with Crippen LogP contribution in [0, 0.1) is 46.3 Å². The molecular formula is C27H44O3. The first-order valence-electron chi connectivity index (χ1n) is 12.9. The predicted octanol–water partition coefficient (Wildman–Crippen LogP) is 5.35. The number of aliphatic hydroxyl groups excluding tert-OH is 2. The zero-order valence-corrected chi connectivity index (χ0v) is 19.8. The van der Waals surface area contributed by atoms with E-state index in [1.165, 1.54) is 37.7 Å². The van der Waals surface area contributed by atoms with Gasteiger partial charge in [-0.2, -0.15) is 0 Å². The van der Waals surface area contributed by atoms with Gasteiger partial charge in [-0.3, -0.25) is 0 Å². The van der Waals surface area contributed by atoms with Crippen LogP contribution in [-0.2, 0) is 4.74 Å². The molecule has 5 aliphatic rings. The Morgan fingerprint density at radius 3 is 2.67 bits per heavy atom. The Morgan fingerprint density at radius 2 is 1.93 bits per heavy atom. The Balaban J connectivity index is 1.39. The average molecular weight is 417 g/mol. The molecule has 170 valence electrons. The lowest BCUT2D eigenvalue weighted by Gasteiger charge is -2.59. The van der Waals surface area contributed by atoms with Crippen LogP contribution in [0.4, 0.5) is 0 Å². The van der Waals surface area contributed by atoms with Crippen molar-refractivity contribution in [3.8, 4) is 0 Å². The minimum absolute atomic E-state index is 0.131. The van der Waals surface area contributed by atoms with Crippen molar-refractivity contribution in [3.05, 3.63) is 11.6 Å². The standard InChI is InChI=1S/C27H44O3/c1-15(2)6-9-22-16(3)25-23(30-22)14-21-19-8-7-17-12-18(28)13-24(29)27(17,5)20(19)10-11-26(21,25)4/h7,15-16,18-25,28-29H,6,8-14H2,1-5H3/t16-,18-,19-,20+,21+,22+,23+,24-,25+,26+,27+/m1/s1. The number of aliphatic hydroxyl groups is 2. The summed E-state index contributed by atoms with van der Waals surface area (Å²) in [5.41, 5.74) is 1.60. The monoisotopic (exact) mass is 416 g/mol. The molecule has 1 heterocycles. The zero-order valence-electron chi connectivity index (χ0n) is 19.8. The molecule has 4 aliphatic carbocycles. The van der Waals surface area contributed by atoms with Crippen LogP contribution in [0.15, 0.2) is 11.6 Å². The Bertz CT molecular complexity index is 700. The summed E-state index contributed by atoms with van der Waals surface area (Å²) in [6.07, 6.45) is 11.2. The maximum absolute atomic E-state index is 11.1. The first-order valence-corrected chi connectivity index (χ1v) is 12.9. The van der Waals surface area contributed by atoms with Crippen molar-refractivity contribution in [2.75, 3.05) is 0 Å². The lowest BCUT2D eigenvalue weighted by molar-refractivity contribution is -0.108. The van der Waals surface area contributed by atoms with Crippen molar-refractivity contribution >= 4 is 0 Å². The van der Waals surface area contributed by atoms with Crippen molar-refractivity contribution in [1.82, 2.24) is 0 Å². The quantitative estimate of drug-likeness (QED) is 0.610. The molecule has 0 bridgehead atoms. The highest BCUT2D eigenvalue weighted by Gasteiger charge is 2.65. The van der Waals surface area contributed by atoms with Crippen LogP contribution in [0.5, 0.6) is 0 Å². The maximum Gasteiger partial charge on any atom is 0.0658 e. The van der Waals surface area contributed by atoms with E-state index in [9.17, 15) is 10.2 Å². The van der Waals surface area contributed by atoms with Gasteiger partial charge in [0.2, 0.25) is 0 Å². The van der Waals surface area contributed by atoms with Gasteiger partial charge in [-0.05, 0) is 85.9 Å². The molecule has 5 rings (SSSR count). The molecule has 0 aromatic carbocycles. The number of rotatable bonds is 3. The third-order valence-corrected chi connectivity index (χ3v) is 10.8. The number of hydrogen-bond donors (Lipinski definition) is 2. The van der Waals surface area contributed by atoms with Gasteiger partial charge in [0.05, 0.1) is 24.4 Å². The summed E-state index contributed by atoms with van der Waals surface area (Å²) in [6, 6.07) is 0. The van der Waals surface area contributed by atoms with Gasteiger partial charge in [0.15, 0.2) is 0 Å². The highest BCUT2D eigenvalue weighted by Crippen LogP contribution is 2.69. The summed E-state index contributed by atoms with van der Waals surface area (Å²) in [5, 5.41) is 21.3. The van der Waals surface area contributed by atoms with Crippen molar-refractivity contribution < 1.29 is 14.9 Å². The number of allylic oxidation sites excluding steroid dienone is 1. The van der Waals surface area contributed by atoms with E-state index >= 15 is 0 Å². The molecule has 0 spiro atoms. The van der Waals surface area contributed by atoms with Crippen LogP contribution in [0.2, 0.25) is 0 Å². The summed E-state index contributed by atoms with van der Waals surface area (Å²) in [7, 11) is 0. The molecule has 3 heteroatoms. The summed E-state index contributed by atoms with van der Waals surface area (Å²) >= 11 is 0. The van der Waals surface area contributed by atoms with Crippen molar-refractivity contribution in [2.24, 2.45) is 46.3 Å². The minimum atomic E-state index is -0.402. The Kier molecular flexibility index (Phi) is 5.24. The predicted molar refractivity (Wildman–Crippen MR) is 120 cm³/mol. The smallest absolute Gasteiger partial charge is 0.0658 e. The van der Waals surface area contributed by atoms with E-state index in [2.05, 4.69) is 40.7 Å². The van der Waals surface area contributed by atoms with E-state index in [1.807, 2.05) is 0 Å². The van der Waals surface area contributed by atoms with Gasteiger partial charge in [0.25, 0.3) is 0 Å². The van der Waals surface area contributed by atoms with Crippen LogP contribution in [-0.4, -0.2) is 34.6 Å². The van der Waals surface area contributed by atoms with Crippen LogP contribution in [0.1, 0.15) is 86.0 Å². The topological polar surface area (TPSA) is 49.7 Å². The van der Waals surface area contributed by atoms with Gasteiger partial charge in [-0.1, -0.05) is 46.3 Å². The fourth-order valence-electron chi connectivity index (χ4n) is 9.22. The second kappa shape index (κ2) is 7.32. The fourth-order valence-corrected chi connectivity index (χ4v) is 9.22. The molecule has 30 heavy (non-hydrogen) atoms. The summed E-state index contributed by atoms with van der Waals surface area (Å²) < 4.78 is 6.75. The number of hydrogen-bond acceptors (Lipinski definition) is 3. The number of fused-ring (bicyclic) bond motifs is 7. The fraction of sp³-hybridized carbons (Fsp3) is 0.926. The molecule has 0 unspecified atom stereocenters. The largest absolute Gasteiger partial charge is 0.393 e. The molecule has 0 amide bonds. The van der Waals surface area contributed by atoms with Gasteiger partial charge in [0, 0.05) is 11.8 Å². The lowest BCUT2D eigenvalue weighted by atomic mass is 9.46. The van der Waals surface area contributed by atoms with E-state index in [0.29, 0.717) is 53.6 Å². The molecule has 1 aliphatic heterocycles. The zero-order chi connectivity index (χ0) is 21.4. The summed E-state index contributed by atoms with van der Waals surface area (Å²) in [6.45, 7) is 12.0. The molecule has 3 saturated carbocycles. The summed E-state index contributed by atoms with van der Waals surface area (Å²) in [5.74, 6) is 4.07. The first kappa shape index (κ1) is 21.5. The van der Waals surface area contributed by atoms with Gasteiger partial charge in [-0.15, -0.1) is 0 Å². The van der Waals surface area contributed by atoms with E-state index < -0.39 is 6.10 Å². The molecule has 4 fully saturated rings. The van der Waals surface area contributed by atoms with Crippen molar-refractivity contribution in [2.45, 2.75) is 110 Å². The Morgan fingerprint density at radius 1 is 1.17 bits per heavy atom. The molecule has 3 nitrogen and oxygen atoms in total. The first-order chi connectivity index (χ1) is 14.2. The van der Waals surface area contributed by atoms with Gasteiger partial charge in [0.1, 0.15) is 0 Å². The van der Waals surface area contributed by atoms with Crippen LogP contribution >= 0.6 is 0 Å². The Hall–Kier alpha value is -0.380. The van der Waals surface area contributed by atoms with E-state index in [4.69, 9.17) is 4.74 Å². The molecule has 11 atom stereocenters. The highest BCUT2D eigenvalue weighted by atomic mass is 16.5. The summed E-state index contributed by atoms with van der Waals surface area (Å²) in [4.78, 5) is 0.